The Morgan fingerprint density at radius 2 is 1.86 bits per heavy atom. The van der Waals surface area contributed by atoms with Crippen LogP contribution < -0.4 is 10.6 Å². The zero-order valence-corrected chi connectivity index (χ0v) is 17.4. The molecular weight excluding hydrogens is 394 g/mol. The summed E-state index contributed by atoms with van der Waals surface area (Å²) in [6.45, 7) is 4.17. The van der Waals surface area contributed by atoms with Crippen molar-refractivity contribution in [2.75, 3.05) is 5.32 Å². The van der Waals surface area contributed by atoms with Crippen molar-refractivity contribution in [3.05, 3.63) is 58.6 Å². The van der Waals surface area contributed by atoms with Crippen molar-refractivity contribution in [1.82, 2.24) is 5.32 Å². The standard InChI is InChI=1S/C21H22ClN3O2S/c1-3-13-7-5-8-14(4-2)19(13)24-21-25-20(27)17(28-21)12-18(26)23-16-10-6-9-15(22)11-16/h5-11,17H,3-4,12H2,1-2H3,(H,23,26)(H,24,25,27)/t17-/m0/s1. The van der Waals surface area contributed by atoms with Gasteiger partial charge in [0.1, 0.15) is 5.25 Å². The van der Waals surface area contributed by atoms with Gasteiger partial charge in [0.25, 0.3) is 0 Å². The van der Waals surface area contributed by atoms with Crippen LogP contribution in [0.15, 0.2) is 47.5 Å². The van der Waals surface area contributed by atoms with Crippen molar-refractivity contribution in [2.45, 2.75) is 38.4 Å². The lowest BCUT2D eigenvalue weighted by molar-refractivity contribution is -0.122. The van der Waals surface area contributed by atoms with E-state index in [9.17, 15) is 9.59 Å². The Morgan fingerprint density at radius 1 is 1.18 bits per heavy atom. The Hall–Kier alpha value is -2.31. The molecule has 28 heavy (non-hydrogen) atoms. The van der Waals surface area contributed by atoms with Crippen LogP contribution in [0.2, 0.25) is 5.02 Å². The predicted molar refractivity (Wildman–Crippen MR) is 117 cm³/mol. The van der Waals surface area contributed by atoms with Crippen LogP contribution in [-0.4, -0.2) is 22.2 Å². The Morgan fingerprint density at radius 3 is 2.50 bits per heavy atom. The van der Waals surface area contributed by atoms with Crippen molar-refractivity contribution in [3.63, 3.8) is 0 Å². The second kappa shape index (κ2) is 9.26. The van der Waals surface area contributed by atoms with Crippen LogP contribution >= 0.6 is 23.4 Å². The molecule has 1 aliphatic heterocycles. The molecule has 1 atom stereocenters. The van der Waals surface area contributed by atoms with E-state index in [0.29, 0.717) is 15.9 Å². The number of nitrogens with zero attached hydrogens (tertiary/aromatic N) is 1. The fourth-order valence-corrected chi connectivity index (χ4v) is 4.16. The van der Waals surface area contributed by atoms with Crippen LogP contribution in [0.5, 0.6) is 0 Å². The third kappa shape index (κ3) is 4.94. The maximum atomic E-state index is 12.3. The maximum Gasteiger partial charge on any atom is 0.240 e. The average molecular weight is 416 g/mol. The minimum atomic E-state index is -0.503. The van der Waals surface area contributed by atoms with Crippen molar-refractivity contribution in [1.29, 1.82) is 0 Å². The number of aliphatic imine (C=N–C) groups is 1. The normalized spacial score (nSPS) is 17.6. The summed E-state index contributed by atoms with van der Waals surface area (Å²) in [5, 5.41) is 6.16. The summed E-state index contributed by atoms with van der Waals surface area (Å²) in [4.78, 5) is 29.3. The molecule has 7 heteroatoms. The topological polar surface area (TPSA) is 70.6 Å². The zero-order valence-electron chi connectivity index (χ0n) is 15.8. The first kappa shape index (κ1) is 20.4. The van der Waals surface area contributed by atoms with Crippen LogP contribution in [-0.2, 0) is 22.4 Å². The first-order valence-electron chi connectivity index (χ1n) is 9.22. The van der Waals surface area contributed by atoms with Crippen molar-refractivity contribution >= 4 is 51.7 Å². The molecule has 2 aromatic rings. The number of carbonyl (C=O) groups is 2. The number of para-hydroxylation sites is 1. The molecule has 0 unspecified atom stereocenters. The molecule has 1 fully saturated rings. The van der Waals surface area contributed by atoms with Gasteiger partial charge < -0.3 is 10.6 Å². The number of aryl methyl sites for hydroxylation is 2. The highest BCUT2D eigenvalue weighted by molar-refractivity contribution is 8.15. The molecule has 0 radical (unpaired) electrons. The van der Waals surface area contributed by atoms with Gasteiger partial charge in [0, 0.05) is 17.1 Å². The Labute approximate surface area is 174 Å². The molecule has 0 aliphatic carbocycles. The lowest BCUT2D eigenvalue weighted by atomic mass is 10.0. The Kier molecular flexibility index (Phi) is 6.75. The molecule has 0 spiro atoms. The number of nitrogens with one attached hydrogen (secondary N) is 2. The third-order valence-electron chi connectivity index (χ3n) is 4.43. The molecule has 3 rings (SSSR count). The largest absolute Gasteiger partial charge is 0.326 e. The first-order valence-corrected chi connectivity index (χ1v) is 10.5. The van der Waals surface area contributed by atoms with Crippen molar-refractivity contribution < 1.29 is 9.59 Å². The number of benzene rings is 2. The fraction of sp³-hybridized carbons (Fsp3) is 0.286. The van der Waals surface area contributed by atoms with E-state index < -0.39 is 5.25 Å². The highest BCUT2D eigenvalue weighted by Gasteiger charge is 2.32. The summed E-state index contributed by atoms with van der Waals surface area (Å²) >= 11 is 7.23. The van der Waals surface area contributed by atoms with Crippen LogP contribution in [0.3, 0.4) is 0 Å². The third-order valence-corrected chi connectivity index (χ3v) is 5.75. The van der Waals surface area contributed by atoms with Crippen molar-refractivity contribution in [3.8, 4) is 0 Å². The molecular formula is C21H22ClN3O2S. The smallest absolute Gasteiger partial charge is 0.240 e. The van der Waals surface area contributed by atoms with E-state index in [0.717, 1.165) is 29.7 Å². The molecule has 0 saturated carbocycles. The summed E-state index contributed by atoms with van der Waals surface area (Å²) in [5.41, 5.74) is 3.81. The molecule has 146 valence electrons. The van der Waals surface area contributed by atoms with Crippen LogP contribution in [0.1, 0.15) is 31.4 Å². The van der Waals surface area contributed by atoms with Gasteiger partial charge in [-0.1, -0.05) is 61.5 Å². The molecule has 2 amide bonds. The number of carbonyl (C=O) groups excluding carboxylic acids is 2. The van der Waals surface area contributed by atoms with Gasteiger partial charge in [-0.15, -0.1) is 0 Å². The number of rotatable bonds is 6. The SMILES string of the molecule is CCc1cccc(CC)c1N=C1NC(=O)[C@H](CC(=O)Nc2cccc(Cl)c2)S1. The molecule has 0 aromatic heterocycles. The predicted octanol–water partition coefficient (Wildman–Crippen LogP) is 4.71. The van der Waals surface area contributed by atoms with Gasteiger partial charge in [-0.2, -0.15) is 0 Å². The minimum Gasteiger partial charge on any atom is -0.326 e. The second-order valence-electron chi connectivity index (χ2n) is 6.41. The van der Waals surface area contributed by atoms with Gasteiger partial charge in [0.05, 0.1) is 5.69 Å². The van der Waals surface area contributed by atoms with E-state index in [1.54, 1.807) is 24.3 Å². The molecule has 0 bridgehead atoms. The summed E-state index contributed by atoms with van der Waals surface area (Å²) in [6.07, 6.45) is 1.80. The second-order valence-corrected chi connectivity index (χ2v) is 8.04. The zero-order chi connectivity index (χ0) is 20.1. The Bertz CT molecular complexity index is 907. The summed E-state index contributed by atoms with van der Waals surface area (Å²) in [6, 6.07) is 13.1. The number of hydrogen-bond acceptors (Lipinski definition) is 4. The summed E-state index contributed by atoms with van der Waals surface area (Å²) in [7, 11) is 0. The minimum absolute atomic E-state index is 0.0676. The highest BCUT2D eigenvalue weighted by Crippen LogP contribution is 2.30. The molecule has 5 nitrogen and oxygen atoms in total. The van der Waals surface area contributed by atoms with Gasteiger partial charge in [0.15, 0.2) is 5.17 Å². The monoisotopic (exact) mass is 415 g/mol. The quantitative estimate of drug-likeness (QED) is 0.717. The van der Waals surface area contributed by atoms with Gasteiger partial charge in [0.2, 0.25) is 11.8 Å². The van der Waals surface area contributed by atoms with E-state index >= 15 is 0 Å². The van der Waals surface area contributed by atoms with E-state index in [-0.39, 0.29) is 18.2 Å². The van der Waals surface area contributed by atoms with E-state index in [1.807, 2.05) is 6.07 Å². The average Bonchev–Trinajstić information content (AvgIpc) is 3.00. The van der Waals surface area contributed by atoms with Crippen LogP contribution in [0.4, 0.5) is 11.4 Å². The van der Waals surface area contributed by atoms with Gasteiger partial charge in [-0.25, -0.2) is 4.99 Å². The summed E-state index contributed by atoms with van der Waals surface area (Å²) in [5.74, 6) is -0.434. The molecule has 1 saturated heterocycles. The molecule has 1 heterocycles. The number of thioether (sulfide) groups is 1. The number of amides is 2. The fourth-order valence-electron chi connectivity index (χ4n) is 3.00. The highest BCUT2D eigenvalue weighted by atomic mass is 35.5. The van der Waals surface area contributed by atoms with Gasteiger partial charge >= 0.3 is 0 Å². The van der Waals surface area contributed by atoms with Gasteiger partial charge in [-0.3, -0.25) is 9.59 Å². The number of anilines is 1. The van der Waals surface area contributed by atoms with E-state index in [1.165, 1.54) is 11.8 Å². The number of hydrogen-bond donors (Lipinski definition) is 2. The molecule has 2 N–H and O–H groups in total. The first-order chi connectivity index (χ1) is 13.5. The van der Waals surface area contributed by atoms with E-state index in [4.69, 9.17) is 16.6 Å². The molecule has 2 aromatic carbocycles. The Balaban J connectivity index is 1.70. The lowest BCUT2D eigenvalue weighted by Gasteiger charge is -2.09. The number of halogens is 1. The summed E-state index contributed by atoms with van der Waals surface area (Å²) < 4.78 is 0. The maximum absolute atomic E-state index is 12.3. The van der Waals surface area contributed by atoms with Gasteiger partial charge in [-0.05, 0) is 42.2 Å². The number of amidine groups is 1. The van der Waals surface area contributed by atoms with Crippen LogP contribution in [0, 0.1) is 0 Å². The van der Waals surface area contributed by atoms with Crippen molar-refractivity contribution in [2.24, 2.45) is 4.99 Å². The van der Waals surface area contributed by atoms with Crippen LogP contribution in [0.25, 0.3) is 0 Å². The molecule has 1 aliphatic rings. The lowest BCUT2D eigenvalue weighted by Crippen LogP contribution is -2.28. The van der Waals surface area contributed by atoms with E-state index in [2.05, 4.69) is 36.6 Å².